The number of nitrogens with one attached hydrogen (secondary N) is 2. The van der Waals surface area contributed by atoms with Crippen molar-refractivity contribution >= 4 is 34.4 Å². The van der Waals surface area contributed by atoms with Crippen LogP contribution < -0.4 is 16.5 Å². The molecule has 0 radical (unpaired) electrons. The first kappa shape index (κ1) is 24.3. The highest BCUT2D eigenvalue weighted by Gasteiger charge is 2.21. The fourth-order valence-corrected chi connectivity index (χ4v) is 4.71. The number of aryl methyl sites for hydroxylation is 1. The van der Waals surface area contributed by atoms with Gasteiger partial charge in [0, 0.05) is 29.4 Å². The summed E-state index contributed by atoms with van der Waals surface area (Å²) in [5, 5.41) is 10.3. The molecule has 0 fully saturated rings. The van der Waals surface area contributed by atoms with E-state index in [1.54, 1.807) is 36.0 Å². The number of anilines is 1. The van der Waals surface area contributed by atoms with Gasteiger partial charge < -0.3 is 16.5 Å². The van der Waals surface area contributed by atoms with Crippen LogP contribution in [0.4, 0.5) is 5.69 Å². The number of hydrogen-bond donors (Lipinski definition) is 3. The van der Waals surface area contributed by atoms with Gasteiger partial charge in [-0.3, -0.25) is 19.2 Å². The van der Waals surface area contributed by atoms with Crippen molar-refractivity contribution in [2.24, 2.45) is 16.9 Å². The molecule has 0 spiro atoms. The van der Waals surface area contributed by atoms with Gasteiger partial charge in [0.2, 0.25) is 0 Å². The van der Waals surface area contributed by atoms with Crippen LogP contribution in [0.2, 0.25) is 0 Å². The molecule has 4 heterocycles. The molecule has 35 heavy (non-hydrogen) atoms. The molecule has 0 aliphatic carbocycles. The quantitative estimate of drug-likeness (QED) is 0.141. The zero-order valence-electron chi connectivity index (χ0n) is 20.3. The normalized spacial score (nSPS) is 12.8. The lowest BCUT2D eigenvalue weighted by Crippen LogP contribution is -2.29. The highest BCUT2D eigenvalue weighted by molar-refractivity contribution is 7.15. The summed E-state index contributed by atoms with van der Waals surface area (Å²) >= 11 is 1.68. The topological polar surface area (TPSA) is 123 Å². The number of amides is 1. The van der Waals surface area contributed by atoms with Crippen molar-refractivity contribution in [1.82, 2.24) is 24.7 Å². The number of hydrazone groups is 1. The molecule has 0 bridgehead atoms. The van der Waals surface area contributed by atoms with E-state index >= 15 is 0 Å². The van der Waals surface area contributed by atoms with Gasteiger partial charge in [-0.25, -0.2) is 4.98 Å². The maximum atomic E-state index is 13.5. The van der Waals surface area contributed by atoms with E-state index in [4.69, 9.17) is 5.84 Å². The van der Waals surface area contributed by atoms with Gasteiger partial charge in [-0.2, -0.15) is 5.10 Å². The van der Waals surface area contributed by atoms with Gasteiger partial charge >= 0.3 is 0 Å². The van der Waals surface area contributed by atoms with E-state index < -0.39 is 0 Å². The van der Waals surface area contributed by atoms with Crippen molar-refractivity contribution in [1.29, 1.82) is 0 Å². The predicted molar refractivity (Wildman–Crippen MR) is 140 cm³/mol. The lowest BCUT2D eigenvalue weighted by atomic mass is 10.1. The maximum Gasteiger partial charge on any atom is 0.253 e. The molecule has 1 atom stereocenters. The Hall–Kier alpha value is -3.79. The van der Waals surface area contributed by atoms with E-state index in [0.717, 1.165) is 29.1 Å². The lowest BCUT2D eigenvalue weighted by Gasteiger charge is -2.18. The second-order valence-electron chi connectivity index (χ2n) is 8.63. The Morgan fingerprint density at radius 3 is 2.69 bits per heavy atom. The number of nitrogens with two attached hydrogens (primary N) is 1. The van der Waals surface area contributed by atoms with Crippen molar-refractivity contribution in [3.8, 4) is 10.6 Å². The molecule has 10 heteroatoms. The molecule has 0 aliphatic rings. The minimum Gasteiger partial charge on any atom is -0.344 e. The van der Waals surface area contributed by atoms with E-state index in [2.05, 4.69) is 56.7 Å². The van der Waals surface area contributed by atoms with Crippen molar-refractivity contribution in [3.05, 3.63) is 65.3 Å². The van der Waals surface area contributed by atoms with Crippen LogP contribution in [-0.4, -0.2) is 31.1 Å². The number of carbonyl (C=O) groups is 1. The minimum absolute atomic E-state index is 0.0671. The summed E-state index contributed by atoms with van der Waals surface area (Å²) in [7, 11) is 0. The summed E-state index contributed by atoms with van der Waals surface area (Å²) in [6.07, 6.45) is 10.2. The molecule has 4 rings (SSSR count). The standard InChI is InChI=1S/C25H30N8OS/c1-5-6-18(20-12-27-9-10-28-20)31-25(34)17-11-19(30-23(32-26)15(2)3)24-29-13-21(33(24)14-17)22-8-7-16(4)35-22/h7-15,18H,5-6,26H2,1-4H3,(H,30,32)(H,31,34). The second-order valence-corrected chi connectivity index (χ2v) is 9.92. The fourth-order valence-electron chi connectivity index (χ4n) is 3.84. The van der Waals surface area contributed by atoms with Gasteiger partial charge in [-0.05, 0) is 31.5 Å². The molecule has 4 N–H and O–H groups in total. The Labute approximate surface area is 208 Å². The third kappa shape index (κ3) is 5.32. The highest BCUT2D eigenvalue weighted by Crippen LogP contribution is 2.31. The van der Waals surface area contributed by atoms with Crippen molar-refractivity contribution < 1.29 is 4.79 Å². The van der Waals surface area contributed by atoms with Crippen LogP contribution in [-0.2, 0) is 0 Å². The molecule has 0 saturated carbocycles. The Morgan fingerprint density at radius 1 is 1.23 bits per heavy atom. The van der Waals surface area contributed by atoms with Gasteiger partial charge in [0.15, 0.2) is 5.65 Å². The van der Waals surface area contributed by atoms with Crippen molar-refractivity contribution in [2.75, 3.05) is 5.32 Å². The Morgan fingerprint density at radius 2 is 2.06 bits per heavy atom. The van der Waals surface area contributed by atoms with Crippen LogP contribution in [0.1, 0.15) is 60.6 Å². The number of fused-ring (bicyclic) bond motifs is 1. The second kappa shape index (κ2) is 10.6. The first-order chi connectivity index (χ1) is 16.9. The molecule has 1 unspecified atom stereocenters. The number of nitrogens with zero attached hydrogens (tertiary/aromatic N) is 5. The number of amidine groups is 1. The van der Waals surface area contributed by atoms with Crippen LogP contribution in [0.25, 0.3) is 16.2 Å². The number of pyridine rings is 1. The first-order valence-corrected chi connectivity index (χ1v) is 12.4. The van der Waals surface area contributed by atoms with Crippen LogP contribution in [0.5, 0.6) is 0 Å². The fraction of sp³-hybridized carbons (Fsp3) is 0.320. The van der Waals surface area contributed by atoms with Gasteiger partial charge in [0.25, 0.3) is 5.91 Å². The number of hydrogen-bond acceptors (Lipinski definition) is 7. The molecule has 182 valence electrons. The summed E-state index contributed by atoms with van der Waals surface area (Å²) < 4.78 is 1.94. The SMILES string of the molecule is CCCC(NC(=O)c1cc(N/C(=N\N)C(C)C)c2ncc(-c3ccc(C)s3)n2c1)c1cnccn1. The van der Waals surface area contributed by atoms with Crippen LogP contribution in [0, 0.1) is 12.8 Å². The van der Waals surface area contributed by atoms with Crippen LogP contribution in [0.3, 0.4) is 0 Å². The molecule has 4 aromatic rings. The highest BCUT2D eigenvalue weighted by atomic mass is 32.1. The van der Waals surface area contributed by atoms with Gasteiger partial charge in [-0.1, -0.05) is 27.2 Å². The van der Waals surface area contributed by atoms with E-state index in [0.29, 0.717) is 22.7 Å². The van der Waals surface area contributed by atoms with E-state index in [1.807, 2.05) is 30.6 Å². The summed E-state index contributed by atoms with van der Waals surface area (Å²) in [6, 6.07) is 5.68. The molecule has 4 aromatic heterocycles. The van der Waals surface area contributed by atoms with E-state index in [9.17, 15) is 4.79 Å². The lowest BCUT2D eigenvalue weighted by molar-refractivity contribution is 0.0933. The molecular weight excluding hydrogens is 460 g/mol. The molecule has 1 amide bonds. The zero-order valence-corrected chi connectivity index (χ0v) is 21.1. The van der Waals surface area contributed by atoms with Gasteiger partial charge in [-0.15, -0.1) is 11.3 Å². The smallest absolute Gasteiger partial charge is 0.253 e. The first-order valence-electron chi connectivity index (χ1n) is 11.6. The monoisotopic (exact) mass is 490 g/mol. The Kier molecular flexibility index (Phi) is 7.40. The molecular formula is C25H30N8OS. The zero-order chi connectivity index (χ0) is 24.9. The van der Waals surface area contributed by atoms with Crippen molar-refractivity contribution in [3.63, 3.8) is 0 Å². The number of aromatic nitrogens is 4. The largest absolute Gasteiger partial charge is 0.344 e. The van der Waals surface area contributed by atoms with Crippen LogP contribution >= 0.6 is 11.3 Å². The Balaban J connectivity index is 1.78. The predicted octanol–water partition coefficient (Wildman–Crippen LogP) is 4.77. The van der Waals surface area contributed by atoms with E-state index in [-0.39, 0.29) is 17.9 Å². The van der Waals surface area contributed by atoms with E-state index in [1.165, 1.54) is 4.88 Å². The molecule has 0 aromatic carbocycles. The molecule has 0 saturated heterocycles. The Bertz CT molecular complexity index is 1340. The number of imidazole rings is 1. The minimum atomic E-state index is -0.243. The molecule has 9 nitrogen and oxygen atoms in total. The summed E-state index contributed by atoms with van der Waals surface area (Å²) in [5.74, 6) is 6.09. The number of rotatable bonds is 8. The number of thiophene rings is 1. The summed E-state index contributed by atoms with van der Waals surface area (Å²) in [6.45, 7) is 8.13. The van der Waals surface area contributed by atoms with Crippen LogP contribution in [0.15, 0.2) is 54.3 Å². The summed E-state index contributed by atoms with van der Waals surface area (Å²) in [4.78, 5) is 29.0. The van der Waals surface area contributed by atoms with Gasteiger partial charge in [0.05, 0.1) is 46.0 Å². The third-order valence-corrected chi connectivity index (χ3v) is 6.66. The van der Waals surface area contributed by atoms with Gasteiger partial charge in [0.1, 0.15) is 5.84 Å². The van der Waals surface area contributed by atoms with Crippen molar-refractivity contribution in [2.45, 2.75) is 46.6 Å². The number of carbonyl (C=O) groups excluding carboxylic acids is 1. The molecule has 0 aliphatic heterocycles. The maximum absolute atomic E-state index is 13.5. The third-order valence-electron chi connectivity index (χ3n) is 5.63. The average Bonchev–Trinajstić information content (AvgIpc) is 3.48. The average molecular weight is 491 g/mol. The summed E-state index contributed by atoms with van der Waals surface area (Å²) in [5.41, 5.74) is 3.46.